The molecule has 4 N–H and O–H groups in total. The molecule has 1 aliphatic heterocycles. The first-order valence-corrected chi connectivity index (χ1v) is 11.5. The molecule has 0 saturated carbocycles. The van der Waals surface area contributed by atoms with Crippen molar-refractivity contribution in [2.24, 2.45) is 0 Å². The van der Waals surface area contributed by atoms with E-state index in [1.54, 1.807) is 6.92 Å². The van der Waals surface area contributed by atoms with Crippen molar-refractivity contribution in [3.05, 3.63) is 59.4 Å². The first-order valence-electron chi connectivity index (χ1n) is 9.59. The molecule has 1 aliphatic rings. The number of benzene rings is 2. The van der Waals surface area contributed by atoms with Gasteiger partial charge < -0.3 is 10.1 Å². The van der Waals surface area contributed by atoms with Crippen LogP contribution >= 0.6 is 12.2 Å². The fourth-order valence-corrected chi connectivity index (χ4v) is 4.47. The number of sulfonamides is 1. The average molecular weight is 467 g/mol. The topological polar surface area (TPSA) is 109 Å². The lowest BCUT2D eigenvalue weighted by molar-refractivity contribution is 0.0943. The van der Waals surface area contributed by atoms with Crippen LogP contribution in [0.3, 0.4) is 0 Å². The van der Waals surface area contributed by atoms with E-state index in [9.17, 15) is 17.6 Å². The van der Waals surface area contributed by atoms with Gasteiger partial charge in [-0.2, -0.15) is 0 Å². The molecule has 1 atom stereocenters. The third kappa shape index (κ3) is 6.36. The maximum absolute atomic E-state index is 13.1. The zero-order valence-electron chi connectivity index (χ0n) is 16.8. The van der Waals surface area contributed by atoms with Gasteiger partial charge in [0, 0.05) is 24.4 Å². The molecule has 0 bridgehead atoms. The second-order valence-electron chi connectivity index (χ2n) is 7.02. The molecule has 1 fully saturated rings. The maximum Gasteiger partial charge on any atom is 0.269 e. The minimum absolute atomic E-state index is 0.0661. The third-order valence-corrected chi connectivity index (χ3v) is 6.41. The second-order valence-corrected chi connectivity index (χ2v) is 9.08. The van der Waals surface area contributed by atoms with Crippen LogP contribution < -0.4 is 20.9 Å². The molecule has 2 aromatic carbocycles. The molecule has 1 heterocycles. The van der Waals surface area contributed by atoms with Crippen LogP contribution in [0, 0.1) is 12.7 Å². The maximum atomic E-state index is 13.1. The van der Waals surface area contributed by atoms with Crippen LogP contribution in [0.5, 0.6) is 0 Å². The fraction of sp³-hybridized carbons (Fsp3) is 0.300. The number of carbonyl (C=O) groups excluding carboxylic acids is 1. The number of anilines is 1. The van der Waals surface area contributed by atoms with E-state index >= 15 is 0 Å². The lowest BCUT2D eigenvalue weighted by Crippen LogP contribution is -2.48. The highest BCUT2D eigenvalue weighted by Crippen LogP contribution is 2.21. The Morgan fingerprint density at radius 1 is 1.19 bits per heavy atom. The molecular weight excluding hydrogens is 443 g/mol. The summed E-state index contributed by atoms with van der Waals surface area (Å²) in [4.78, 5) is 12.4. The SMILES string of the molecule is Cc1ccc(C(=O)NNC(=S)NC[C@H]2CCCO2)cc1S(=O)(=O)Nc1ccc(F)cc1. The van der Waals surface area contributed by atoms with E-state index < -0.39 is 21.7 Å². The van der Waals surface area contributed by atoms with Crippen LogP contribution in [0.1, 0.15) is 28.8 Å². The number of halogens is 1. The lowest BCUT2D eigenvalue weighted by atomic mass is 10.1. The van der Waals surface area contributed by atoms with Crippen LogP contribution in [0.25, 0.3) is 0 Å². The van der Waals surface area contributed by atoms with E-state index in [2.05, 4.69) is 20.9 Å². The number of hydrazine groups is 1. The van der Waals surface area contributed by atoms with Gasteiger partial charge in [-0.05, 0) is 73.9 Å². The normalized spacial score (nSPS) is 15.9. The zero-order chi connectivity index (χ0) is 22.4. The van der Waals surface area contributed by atoms with Gasteiger partial charge in [-0.25, -0.2) is 12.8 Å². The van der Waals surface area contributed by atoms with Gasteiger partial charge in [0.15, 0.2) is 5.11 Å². The number of amides is 1. The standard InChI is InChI=1S/C20H23FN4O4S2/c1-13-4-5-14(19(26)23-24-20(30)22-12-17-3-2-10-29-17)11-18(13)31(27,28)25-16-8-6-15(21)7-9-16/h4-9,11,17,25H,2-3,10,12H2,1H3,(H,23,26)(H2,22,24,30)/t17-/m1/s1. The van der Waals surface area contributed by atoms with Gasteiger partial charge >= 0.3 is 0 Å². The van der Waals surface area contributed by atoms with Crippen LogP contribution in [0.2, 0.25) is 0 Å². The van der Waals surface area contributed by atoms with Gasteiger partial charge in [-0.15, -0.1) is 0 Å². The number of aryl methyl sites for hydroxylation is 1. The highest BCUT2D eigenvalue weighted by Gasteiger charge is 2.20. The lowest BCUT2D eigenvalue weighted by Gasteiger charge is -2.15. The van der Waals surface area contributed by atoms with E-state index in [0.717, 1.165) is 31.6 Å². The van der Waals surface area contributed by atoms with E-state index in [1.807, 2.05) is 0 Å². The molecule has 8 nitrogen and oxygen atoms in total. The van der Waals surface area contributed by atoms with Crippen LogP contribution in [0.15, 0.2) is 47.4 Å². The number of hydrogen-bond donors (Lipinski definition) is 4. The number of nitrogens with one attached hydrogen (secondary N) is 4. The molecule has 11 heteroatoms. The van der Waals surface area contributed by atoms with Crippen LogP contribution in [-0.4, -0.2) is 38.7 Å². The number of thiocarbonyl (C=S) groups is 1. The smallest absolute Gasteiger partial charge is 0.269 e. The zero-order valence-corrected chi connectivity index (χ0v) is 18.4. The molecule has 0 unspecified atom stereocenters. The molecular formula is C20H23FN4O4S2. The van der Waals surface area contributed by atoms with Crippen LogP contribution in [0.4, 0.5) is 10.1 Å². The molecule has 166 valence electrons. The van der Waals surface area contributed by atoms with Gasteiger partial charge in [-0.1, -0.05) is 6.07 Å². The second kappa shape index (κ2) is 10.0. The molecule has 0 aliphatic carbocycles. The van der Waals surface area contributed by atoms with Gasteiger partial charge in [0.05, 0.1) is 11.0 Å². The summed E-state index contributed by atoms with van der Waals surface area (Å²) >= 11 is 5.12. The van der Waals surface area contributed by atoms with Crippen molar-refractivity contribution >= 4 is 38.9 Å². The first kappa shape index (κ1) is 22.9. The summed E-state index contributed by atoms with van der Waals surface area (Å²) in [6, 6.07) is 9.22. The number of ether oxygens (including phenoxy) is 1. The molecule has 0 aromatic heterocycles. The summed E-state index contributed by atoms with van der Waals surface area (Å²) in [5, 5.41) is 3.18. The molecule has 31 heavy (non-hydrogen) atoms. The Balaban J connectivity index is 1.63. The molecule has 2 aromatic rings. The first-order chi connectivity index (χ1) is 14.7. The Bertz CT molecular complexity index is 1060. The Kier molecular flexibility index (Phi) is 7.42. The fourth-order valence-electron chi connectivity index (χ4n) is 3.00. The van der Waals surface area contributed by atoms with Gasteiger partial charge in [0.25, 0.3) is 15.9 Å². The van der Waals surface area contributed by atoms with Crippen molar-refractivity contribution in [1.82, 2.24) is 16.2 Å². The van der Waals surface area contributed by atoms with Gasteiger partial charge in [0.2, 0.25) is 0 Å². The van der Waals surface area contributed by atoms with Crippen molar-refractivity contribution in [2.75, 3.05) is 17.9 Å². The molecule has 0 spiro atoms. The average Bonchev–Trinajstić information content (AvgIpc) is 3.26. The van der Waals surface area contributed by atoms with E-state index in [-0.39, 0.29) is 27.4 Å². The predicted molar refractivity (Wildman–Crippen MR) is 119 cm³/mol. The highest BCUT2D eigenvalue weighted by molar-refractivity contribution is 7.92. The molecule has 0 radical (unpaired) electrons. The molecule has 1 amide bonds. The van der Waals surface area contributed by atoms with Crippen molar-refractivity contribution in [2.45, 2.75) is 30.8 Å². The van der Waals surface area contributed by atoms with Gasteiger partial charge in [0.1, 0.15) is 5.82 Å². The summed E-state index contributed by atoms with van der Waals surface area (Å²) in [7, 11) is -3.99. The quantitative estimate of drug-likeness (QED) is 0.382. The third-order valence-electron chi connectivity index (χ3n) is 4.64. The minimum atomic E-state index is -3.99. The monoisotopic (exact) mass is 466 g/mol. The van der Waals surface area contributed by atoms with Crippen LogP contribution in [-0.2, 0) is 14.8 Å². The Morgan fingerprint density at radius 3 is 2.61 bits per heavy atom. The van der Waals surface area contributed by atoms with E-state index in [1.165, 1.54) is 30.3 Å². The van der Waals surface area contributed by atoms with E-state index in [4.69, 9.17) is 17.0 Å². The predicted octanol–water partition coefficient (Wildman–Crippen LogP) is 2.22. The van der Waals surface area contributed by atoms with Crippen molar-refractivity contribution in [3.8, 4) is 0 Å². The number of carbonyl (C=O) groups is 1. The van der Waals surface area contributed by atoms with E-state index in [0.29, 0.717) is 12.1 Å². The largest absolute Gasteiger partial charge is 0.376 e. The molecule has 1 saturated heterocycles. The Morgan fingerprint density at radius 2 is 1.94 bits per heavy atom. The highest BCUT2D eigenvalue weighted by atomic mass is 32.2. The summed E-state index contributed by atoms with van der Waals surface area (Å²) < 4.78 is 46.4. The summed E-state index contributed by atoms with van der Waals surface area (Å²) in [6.07, 6.45) is 2.06. The Labute approximate surface area is 185 Å². The molecule has 3 rings (SSSR count). The van der Waals surface area contributed by atoms with Crippen molar-refractivity contribution in [3.63, 3.8) is 0 Å². The minimum Gasteiger partial charge on any atom is -0.376 e. The number of hydrogen-bond acceptors (Lipinski definition) is 5. The summed E-state index contributed by atoms with van der Waals surface area (Å²) in [5.41, 5.74) is 5.81. The summed E-state index contributed by atoms with van der Waals surface area (Å²) in [6.45, 7) is 2.88. The van der Waals surface area contributed by atoms with Gasteiger partial charge in [-0.3, -0.25) is 20.4 Å². The van der Waals surface area contributed by atoms with Crippen molar-refractivity contribution in [1.29, 1.82) is 0 Å². The van der Waals surface area contributed by atoms with Crippen molar-refractivity contribution < 1.29 is 22.3 Å². The summed E-state index contributed by atoms with van der Waals surface area (Å²) in [5.74, 6) is -1.03. The number of rotatable bonds is 6. The Hall–Kier alpha value is -2.76.